The van der Waals surface area contributed by atoms with Crippen molar-refractivity contribution in [2.75, 3.05) is 31.7 Å². The Morgan fingerprint density at radius 1 is 1.11 bits per heavy atom. The maximum Gasteiger partial charge on any atom is 0.341 e. The second kappa shape index (κ2) is 10.1. The fraction of sp³-hybridized carbons (Fsp3) is 0.241. The van der Waals surface area contributed by atoms with Gasteiger partial charge in [-0.1, -0.05) is 48.5 Å². The number of anilines is 1. The fourth-order valence-electron chi connectivity index (χ4n) is 5.12. The van der Waals surface area contributed by atoms with Crippen molar-refractivity contribution in [2.24, 2.45) is 5.92 Å². The highest BCUT2D eigenvalue weighted by Gasteiger charge is 2.30. The first kappa shape index (κ1) is 24.5. The number of aromatic nitrogens is 1. The molecule has 3 aromatic carbocycles. The van der Waals surface area contributed by atoms with Crippen LogP contribution in [0.5, 0.6) is 5.75 Å². The van der Waals surface area contributed by atoms with Gasteiger partial charge in [0.2, 0.25) is 5.43 Å². The van der Waals surface area contributed by atoms with Gasteiger partial charge in [0.1, 0.15) is 11.3 Å². The van der Waals surface area contributed by atoms with Crippen LogP contribution in [0.15, 0.2) is 71.7 Å². The predicted octanol–water partition coefficient (Wildman–Crippen LogP) is 4.38. The van der Waals surface area contributed by atoms with E-state index in [1.54, 1.807) is 4.57 Å². The minimum Gasteiger partial charge on any atom is -0.492 e. The summed E-state index contributed by atoms with van der Waals surface area (Å²) in [7, 11) is 1.41. The highest BCUT2D eigenvalue weighted by atomic mass is 19.1. The fourth-order valence-corrected chi connectivity index (χ4v) is 5.12. The molecule has 7 nitrogen and oxygen atoms in total. The number of hydrogen-bond acceptors (Lipinski definition) is 5. The molecule has 1 aliphatic rings. The van der Waals surface area contributed by atoms with E-state index in [1.165, 1.54) is 13.3 Å². The lowest BCUT2D eigenvalue weighted by Crippen LogP contribution is -2.24. The third kappa shape index (κ3) is 4.56. The molecular weight excluding hydrogens is 475 g/mol. The molecule has 5 rings (SSSR count). The van der Waals surface area contributed by atoms with Crippen molar-refractivity contribution in [2.45, 2.75) is 13.0 Å². The Balaban J connectivity index is 1.70. The second-order valence-corrected chi connectivity index (χ2v) is 9.29. The summed E-state index contributed by atoms with van der Waals surface area (Å²) in [6, 6.07) is 18.8. The van der Waals surface area contributed by atoms with Gasteiger partial charge >= 0.3 is 5.97 Å². The van der Waals surface area contributed by atoms with Crippen LogP contribution in [0.1, 0.15) is 22.3 Å². The number of nitrogens with zero attached hydrogens (tertiary/aromatic N) is 2. The molecule has 1 saturated heterocycles. The van der Waals surface area contributed by atoms with Gasteiger partial charge < -0.3 is 24.4 Å². The Hall–Kier alpha value is -4.17. The molecule has 1 fully saturated rings. The number of carboxylic acid groups (broad SMARTS) is 1. The molecule has 0 radical (unpaired) electrons. The number of aliphatic hydroxyl groups excluding tert-OH is 1. The number of halogens is 1. The largest absolute Gasteiger partial charge is 0.492 e. The summed E-state index contributed by atoms with van der Waals surface area (Å²) < 4.78 is 22.8. The SMILES string of the molecule is COc1c(N2CC[C@@H](CO)C2)c(F)cc2c(=O)c(C(=O)O)cn(Cc3cccc(-c4ccccc4)c3)c12. The van der Waals surface area contributed by atoms with Crippen molar-refractivity contribution in [3.63, 3.8) is 0 Å². The highest BCUT2D eigenvalue weighted by Crippen LogP contribution is 2.40. The summed E-state index contributed by atoms with van der Waals surface area (Å²) in [4.78, 5) is 26.8. The molecule has 2 heterocycles. The number of carboxylic acids is 1. The highest BCUT2D eigenvalue weighted by molar-refractivity contribution is 5.97. The normalized spacial score (nSPS) is 15.3. The number of hydrogen-bond donors (Lipinski definition) is 2. The van der Waals surface area contributed by atoms with Crippen LogP contribution in [-0.2, 0) is 6.54 Å². The molecule has 1 atom stereocenters. The third-order valence-corrected chi connectivity index (χ3v) is 6.93. The molecule has 4 aromatic rings. The summed E-state index contributed by atoms with van der Waals surface area (Å²) >= 11 is 0. The molecule has 190 valence electrons. The zero-order valence-corrected chi connectivity index (χ0v) is 20.4. The number of ether oxygens (including phenoxy) is 1. The average Bonchev–Trinajstić information content (AvgIpc) is 3.39. The van der Waals surface area contributed by atoms with E-state index in [0.717, 1.165) is 22.8 Å². The van der Waals surface area contributed by atoms with Crippen molar-refractivity contribution < 1.29 is 24.1 Å². The standard InChI is InChI=1S/C29H27FN2O5/c1-37-28-25-22(13-24(30)26(28)31-11-10-19(15-31)17-33)27(34)23(29(35)36)16-32(25)14-18-6-5-9-21(12-18)20-7-3-2-4-8-20/h2-9,12-13,16,19,33H,10-11,14-15,17H2,1H3,(H,35,36)/t19-/m1/s1. The molecule has 8 heteroatoms. The second-order valence-electron chi connectivity index (χ2n) is 9.29. The molecule has 0 aliphatic carbocycles. The van der Waals surface area contributed by atoms with Crippen molar-refractivity contribution in [3.8, 4) is 16.9 Å². The van der Waals surface area contributed by atoms with E-state index in [4.69, 9.17) is 4.74 Å². The minimum absolute atomic E-state index is 0.00154. The van der Waals surface area contributed by atoms with Gasteiger partial charge in [-0.25, -0.2) is 9.18 Å². The van der Waals surface area contributed by atoms with Crippen LogP contribution in [0.3, 0.4) is 0 Å². The lowest BCUT2D eigenvalue weighted by atomic mass is 10.0. The number of aromatic carboxylic acids is 1. The van der Waals surface area contributed by atoms with E-state index in [1.807, 2.05) is 59.5 Å². The van der Waals surface area contributed by atoms with Crippen LogP contribution in [0.4, 0.5) is 10.1 Å². The van der Waals surface area contributed by atoms with Gasteiger partial charge in [0.25, 0.3) is 0 Å². The number of methoxy groups -OCH3 is 1. The first-order valence-corrected chi connectivity index (χ1v) is 12.1. The van der Waals surface area contributed by atoms with Crippen LogP contribution < -0.4 is 15.1 Å². The number of benzene rings is 3. The van der Waals surface area contributed by atoms with Crippen LogP contribution in [-0.4, -0.2) is 47.6 Å². The summed E-state index contributed by atoms with van der Waals surface area (Å²) in [5.41, 5.74) is 2.23. The molecule has 0 bridgehead atoms. The first-order valence-electron chi connectivity index (χ1n) is 12.1. The summed E-state index contributed by atoms with van der Waals surface area (Å²) in [6.07, 6.45) is 2.00. The van der Waals surface area contributed by atoms with Crippen LogP contribution >= 0.6 is 0 Å². The number of carbonyl (C=O) groups is 1. The molecule has 2 N–H and O–H groups in total. The molecule has 0 amide bonds. The molecule has 0 saturated carbocycles. The maximum absolute atomic E-state index is 15.5. The molecule has 1 aromatic heterocycles. The van der Waals surface area contributed by atoms with Crippen LogP contribution in [0.2, 0.25) is 0 Å². The first-order chi connectivity index (χ1) is 17.9. The van der Waals surface area contributed by atoms with E-state index in [9.17, 15) is 19.8 Å². The van der Waals surface area contributed by atoms with E-state index in [-0.39, 0.29) is 35.9 Å². The number of pyridine rings is 1. The van der Waals surface area contributed by atoms with E-state index < -0.39 is 22.8 Å². The monoisotopic (exact) mass is 502 g/mol. The lowest BCUT2D eigenvalue weighted by Gasteiger charge is -2.24. The van der Waals surface area contributed by atoms with Gasteiger partial charge in [-0.3, -0.25) is 4.79 Å². The van der Waals surface area contributed by atoms with Crippen molar-refractivity contribution in [1.82, 2.24) is 4.57 Å². The van der Waals surface area contributed by atoms with Crippen LogP contribution in [0.25, 0.3) is 22.0 Å². The topological polar surface area (TPSA) is 92.0 Å². The lowest BCUT2D eigenvalue weighted by molar-refractivity contribution is 0.0694. The maximum atomic E-state index is 15.5. The quantitative estimate of drug-likeness (QED) is 0.390. The zero-order valence-electron chi connectivity index (χ0n) is 20.4. The molecule has 37 heavy (non-hydrogen) atoms. The smallest absolute Gasteiger partial charge is 0.341 e. The Morgan fingerprint density at radius 2 is 1.86 bits per heavy atom. The van der Waals surface area contributed by atoms with Crippen molar-refractivity contribution in [3.05, 3.63) is 94.0 Å². The molecule has 0 spiro atoms. The molecule has 1 aliphatic heterocycles. The Bertz CT molecular complexity index is 1530. The molecular formula is C29H27FN2O5. The number of fused-ring (bicyclic) bond motifs is 1. The van der Waals surface area contributed by atoms with Gasteiger partial charge in [0, 0.05) is 38.4 Å². The Kier molecular flexibility index (Phi) is 6.67. The van der Waals surface area contributed by atoms with Crippen molar-refractivity contribution in [1.29, 1.82) is 0 Å². The predicted molar refractivity (Wildman–Crippen MR) is 140 cm³/mol. The zero-order chi connectivity index (χ0) is 26.1. The minimum atomic E-state index is -1.38. The Labute approximate surface area is 213 Å². The summed E-state index contributed by atoms with van der Waals surface area (Å²) in [5.74, 6) is -1.87. The third-order valence-electron chi connectivity index (χ3n) is 6.93. The average molecular weight is 503 g/mol. The van der Waals surface area contributed by atoms with Gasteiger partial charge in [0.05, 0.1) is 18.0 Å². The number of aliphatic hydroxyl groups is 1. The van der Waals surface area contributed by atoms with E-state index in [0.29, 0.717) is 25.0 Å². The molecule has 0 unspecified atom stereocenters. The number of rotatable bonds is 7. The van der Waals surface area contributed by atoms with E-state index >= 15 is 4.39 Å². The van der Waals surface area contributed by atoms with Crippen molar-refractivity contribution >= 4 is 22.6 Å². The summed E-state index contributed by atoms with van der Waals surface area (Å²) in [5, 5.41) is 19.2. The van der Waals surface area contributed by atoms with Gasteiger partial charge in [0.15, 0.2) is 11.6 Å². The Morgan fingerprint density at radius 3 is 2.54 bits per heavy atom. The van der Waals surface area contributed by atoms with Crippen LogP contribution in [0, 0.1) is 11.7 Å². The van der Waals surface area contributed by atoms with Gasteiger partial charge in [-0.2, -0.15) is 0 Å². The van der Waals surface area contributed by atoms with Gasteiger partial charge in [-0.15, -0.1) is 0 Å². The van der Waals surface area contributed by atoms with Gasteiger partial charge in [-0.05, 0) is 35.2 Å². The van der Waals surface area contributed by atoms with E-state index in [2.05, 4.69) is 0 Å². The summed E-state index contributed by atoms with van der Waals surface area (Å²) in [6.45, 7) is 1.21.